The molecule has 0 saturated carbocycles. The maximum atomic E-state index is 11.3. The summed E-state index contributed by atoms with van der Waals surface area (Å²) in [5.41, 5.74) is 0.675. The van der Waals surface area contributed by atoms with Crippen LogP contribution in [-0.4, -0.2) is 18.2 Å². The molecule has 0 radical (unpaired) electrons. The Hall–Kier alpha value is -0.100. The highest BCUT2D eigenvalue weighted by atomic mass is 127. The van der Waals surface area contributed by atoms with Gasteiger partial charge in [0.1, 0.15) is 5.75 Å². The zero-order valence-electron chi connectivity index (χ0n) is 7.01. The monoisotopic (exact) mass is 354 g/mol. The molecule has 0 saturated heterocycles. The lowest BCUT2D eigenvalue weighted by Gasteiger charge is -2.04. The Balaban J connectivity index is 3.06. The van der Waals surface area contributed by atoms with Crippen molar-refractivity contribution in [1.29, 1.82) is 0 Å². The molecule has 0 fully saturated rings. The lowest BCUT2D eigenvalue weighted by Crippen LogP contribution is -2.00. The number of hydrogen-bond donors (Lipinski definition) is 0. The molecule has 0 spiro atoms. The summed E-state index contributed by atoms with van der Waals surface area (Å²) in [6.45, 7) is 0. The third-order valence-electron chi connectivity index (χ3n) is 1.59. The number of benzene rings is 1. The quantitative estimate of drug-likeness (QED) is 0.474. The molecule has 2 nitrogen and oxygen atoms in total. The first-order chi connectivity index (χ1) is 6.19. The van der Waals surface area contributed by atoms with E-state index < -0.39 is 0 Å². The Kier molecular flexibility index (Phi) is 4.18. The first-order valence-electron chi connectivity index (χ1n) is 3.61. The number of halogens is 2. The van der Waals surface area contributed by atoms with Gasteiger partial charge in [0.25, 0.3) is 0 Å². The highest BCUT2D eigenvalue weighted by Gasteiger charge is 2.07. The van der Waals surface area contributed by atoms with E-state index in [2.05, 4.69) is 38.5 Å². The van der Waals surface area contributed by atoms with Gasteiger partial charge in [0.05, 0.1) is 16.0 Å². The Morgan fingerprint density at radius 3 is 2.85 bits per heavy atom. The van der Waals surface area contributed by atoms with Gasteiger partial charge in [0.15, 0.2) is 5.78 Å². The van der Waals surface area contributed by atoms with E-state index >= 15 is 0 Å². The number of rotatable bonds is 3. The van der Waals surface area contributed by atoms with Crippen molar-refractivity contribution in [2.24, 2.45) is 0 Å². The Morgan fingerprint density at radius 1 is 1.62 bits per heavy atom. The standard InChI is InChI=1S/C9H8BrIO2/c1-13-9-4-6(8(12)5-10)2-3-7(9)11/h2-4H,5H2,1H3. The number of alkyl halides is 1. The van der Waals surface area contributed by atoms with Crippen molar-refractivity contribution in [3.63, 3.8) is 0 Å². The fourth-order valence-corrected chi connectivity index (χ4v) is 1.79. The van der Waals surface area contributed by atoms with Gasteiger partial charge in [-0.1, -0.05) is 22.0 Å². The van der Waals surface area contributed by atoms with Crippen molar-refractivity contribution in [1.82, 2.24) is 0 Å². The summed E-state index contributed by atoms with van der Waals surface area (Å²) in [6.07, 6.45) is 0. The van der Waals surface area contributed by atoms with Gasteiger partial charge in [0, 0.05) is 5.56 Å². The maximum Gasteiger partial charge on any atom is 0.173 e. The molecule has 1 aromatic rings. The minimum atomic E-state index is 0.0645. The molecular formula is C9H8BrIO2. The predicted octanol–water partition coefficient (Wildman–Crippen LogP) is 2.88. The largest absolute Gasteiger partial charge is 0.496 e. The molecule has 0 unspecified atom stereocenters. The summed E-state index contributed by atoms with van der Waals surface area (Å²) in [7, 11) is 1.60. The molecule has 4 heteroatoms. The second kappa shape index (κ2) is 4.95. The fourth-order valence-electron chi connectivity index (χ4n) is 0.910. The van der Waals surface area contributed by atoms with E-state index in [1.165, 1.54) is 0 Å². The highest BCUT2D eigenvalue weighted by Crippen LogP contribution is 2.22. The third kappa shape index (κ3) is 2.67. The van der Waals surface area contributed by atoms with E-state index in [4.69, 9.17) is 4.74 Å². The lowest BCUT2D eigenvalue weighted by molar-refractivity contribution is 0.102. The van der Waals surface area contributed by atoms with E-state index in [1.807, 2.05) is 6.07 Å². The Morgan fingerprint density at radius 2 is 2.31 bits per heavy atom. The van der Waals surface area contributed by atoms with Crippen LogP contribution in [0.4, 0.5) is 0 Å². The zero-order chi connectivity index (χ0) is 9.84. The van der Waals surface area contributed by atoms with E-state index in [0.29, 0.717) is 10.9 Å². The number of hydrogen-bond acceptors (Lipinski definition) is 2. The van der Waals surface area contributed by atoms with Gasteiger partial charge in [-0.15, -0.1) is 0 Å². The van der Waals surface area contributed by atoms with Crippen molar-refractivity contribution in [3.05, 3.63) is 27.3 Å². The van der Waals surface area contributed by atoms with Crippen molar-refractivity contribution in [2.75, 3.05) is 12.4 Å². The van der Waals surface area contributed by atoms with Crippen molar-refractivity contribution >= 4 is 44.3 Å². The molecule has 1 rings (SSSR count). The van der Waals surface area contributed by atoms with E-state index in [9.17, 15) is 4.79 Å². The van der Waals surface area contributed by atoms with Crippen LogP contribution in [0.15, 0.2) is 18.2 Å². The van der Waals surface area contributed by atoms with E-state index in [0.717, 1.165) is 9.32 Å². The number of ether oxygens (including phenoxy) is 1. The predicted molar refractivity (Wildman–Crippen MR) is 63.8 cm³/mol. The number of carbonyl (C=O) groups is 1. The van der Waals surface area contributed by atoms with Crippen LogP contribution in [0.1, 0.15) is 10.4 Å². The average molecular weight is 355 g/mol. The van der Waals surface area contributed by atoms with Crippen LogP contribution < -0.4 is 4.74 Å². The molecular weight excluding hydrogens is 347 g/mol. The molecule has 0 N–H and O–H groups in total. The van der Waals surface area contributed by atoms with Crippen LogP contribution in [0.25, 0.3) is 0 Å². The lowest BCUT2D eigenvalue weighted by atomic mass is 10.1. The molecule has 0 atom stereocenters. The molecule has 0 heterocycles. The molecule has 0 aliphatic carbocycles. The molecule has 0 amide bonds. The van der Waals surface area contributed by atoms with Crippen LogP contribution >= 0.6 is 38.5 Å². The third-order valence-corrected chi connectivity index (χ3v) is 2.99. The number of carbonyl (C=O) groups excluding carboxylic acids is 1. The minimum Gasteiger partial charge on any atom is -0.496 e. The summed E-state index contributed by atoms with van der Waals surface area (Å²) < 4.78 is 6.11. The normalized spacial score (nSPS) is 9.77. The van der Waals surface area contributed by atoms with Gasteiger partial charge in [-0.05, 0) is 34.7 Å². The fraction of sp³-hybridized carbons (Fsp3) is 0.222. The van der Waals surface area contributed by atoms with Crippen molar-refractivity contribution in [3.8, 4) is 5.75 Å². The van der Waals surface area contributed by atoms with E-state index in [-0.39, 0.29) is 5.78 Å². The summed E-state index contributed by atoms with van der Waals surface area (Å²) in [5.74, 6) is 0.808. The second-order valence-electron chi connectivity index (χ2n) is 2.41. The number of ketones is 1. The first kappa shape index (κ1) is 11.0. The van der Waals surface area contributed by atoms with Crippen molar-refractivity contribution in [2.45, 2.75) is 0 Å². The molecule has 1 aromatic carbocycles. The summed E-state index contributed by atoms with van der Waals surface area (Å²) in [5, 5.41) is 0.344. The van der Waals surface area contributed by atoms with Crippen LogP contribution in [-0.2, 0) is 0 Å². The van der Waals surface area contributed by atoms with Crippen LogP contribution in [0.2, 0.25) is 0 Å². The summed E-state index contributed by atoms with van der Waals surface area (Å²) in [6, 6.07) is 5.43. The maximum absolute atomic E-state index is 11.3. The number of methoxy groups -OCH3 is 1. The highest BCUT2D eigenvalue weighted by molar-refractivity contribution is 14.1. The van der Waals surface area contributed by atoms with Crippen LogP contribution in [0, 0.1) is 3.57 Å². The molecule has 0 bridgehead atoms. The van der Waals surface area contributed by atoms with Crippen molar-refractivity contribution < 1.29 is 9.53 Å². The Labute approximate surface area is 98.9 Å². The van der Waals surface area contributed by atoms with Crippen LogP contribution in [0.3, 0.4) is 0 Å². The van der Waals surface area contributed by atoms with E-state index in [1.54, 1.807) is 19.2 Å². The average Bonchev–Trinajstić information content (AvgIpc) is 2.17. The first-order valence-corrected chi connectivity index (χ1v) is 5.81. The van der Waals surface area contributed by atoms with Gasteiger partial charge in [-0.3, -0.25) is 4.79 Å². The van der Waals surface area contributed by atoms with Gasteiger partial charge in [0.2, 0.25) is 0 Å². The SMILES string of the molecule is COc1cc(C(=O)CBr)ccc1I. The van der Waals surface area contributed by atoms with Gasteiger partial charge in [-0.2, -0.15) is 0 Å². The smallest absolute Gasteiger partial charge is 0.173 e. The molecule has 0 aliphatic rings. The topological polar surface area (TPSA) is 26.3 Å². The molecule has 0 aliphatic heterocycles. The zero-order valence-corrected chi connectivity index (χ0v) is 10.8. The number of Topliss-reactive ketones (excluding diaryl/α,β-unsaturated/α-hetero) is 1. The minimum absolute atomic E-state index is 0.0645. The molecule has 70 valence electrons. The summed E-state index contributed by atoms with van der Waals surface area (Å²) in [4.78, 5) is 11.3. The summed E-state index contributed by atoms with van der Waals surface area (Å²) >= 11 is 5.29. The molecule has 0 aromatic heterocycles. The Bertz CT molecular complexity index is 325. The molecule has 13 heavy (non-hydrogen) atoms. The van der Waals surface area contributed by atoms with Gasteiger partial charge < -0.3 is 4.74 Å². The van der Waals surface area contributed by atoms with Gasteiger partial charge in [-0.25, -0.2) is 0 Å². The van der Waals surface area contributed by atoms with Gasteiger partial charge >= 0.3 is 0 Å². The van der Waals surface area contributed by atoms with Crippen LogP contribution in [0.5, 0.6) is 5.75 Å². The second-order valence-corrected chi connectivity index (χ2v) is 4.13.